The Bertz CT molecular complexity index is 382. The lowest BCUT2D eigenvalue weighted by Crippen LogP contribution is -2.20. The molecule has 0 aliphatic heterocycles. The molecule has 1 aliphatic rings. The Kier molecular flexibility index (Phi) is 3.49. The molecular formula is C12H14BrNO2. The van der Waals surface area contributed by atoms with Crippen molar-refractivity contribution in [2.75, 3.05) is 12.3 Å². The van der Waals surface area contributed by atoms with E-state index in [1.165, 1.54) is 19.3 Å². The molecule has 1 fully saturated rings. The fourth-order valence-electron chi connectivity index (χ4n) is 1.67. The zero-order chi connectivity index (χ0) is 11.5. The molecule has 1 aromatic carbocycles. The highest BCUT2D eigenvalue weighted by Crippen LogP contribution is 2.26. The fourth-order valence-corrected chi connectivity index (χ4v) is 2.18. The van der Waals surface area contributed by atoms with E-state index in [9.17, 15) is 4.79 Å². The van der Waals surface area contributed by atoms with Gasteiger partial charge in [0.1, 0.15) is 0 Å². The monoisotopic (exact) mass is 283 g/mol. The number of hydrogen-bond acceptors (Lipinski definition) is 3. The molecule has 1 aromatic rings. The lowest BCUT2D eigenvalue weighted by Gasteiger charge is -2.24. The Morgan fingerprint density at radius 1 is 1.44 bits per heavy atom. The number of carbonyl (C=O) groups is 1. The molecule has 0 heterocycles. The maximum atomic E-state index is 11.7. The number of nitrogen functional groups attached to an aromatic ring is 1. The first-order chi connectivity index (χ1) is 7.65. The second-order valence-electron chi connectivity index (χ2n) is 4.17. The summed E-state index contributed by atoms with van der Waals surface area (Å²) in [7, 11) is 0. The smallest absolute Gasteiger partial charge is 0.338 e. The van der Waals surface area contributed by atoms with E-state index in [0.717, 1.165) is 4.47 Å². The Balaban J connectivity index is 1.96. The summed E-state index contributed by atoms with van der Waals surface area (Å²) >= 11 is 3.30. The van der Waals surface area contributed by atoms with Gasteiger partial charge in [-0.2, -0.15) is 0 Å². The predicted molar refractivity (Wildman–Crippen MR) is 66.2 cm³/mol. The molecule has 4 heteroatoms. The third-order valence-electron chi connectivity index (χ3n) is 2.83. The number of rotatable bonds is 3. The Morgan fingerprint density at radius 2 is 2.19 bits per heavy atom. The van der Waals surface area contributed by atoms with E-state index < -0.39 is 0 Å². The molecule has 0 atom stereocenters. The van der Waals surface area contributed by atoms with E-state index in [0.29, 0.717) is 23.8 Å². The van der Waals surface area contributed by atoms with Gasteiger partial charge in [0.05, 0.1) is 12.2 Å². The number of ether oxygens (including phenoxy) is 1. The van der Waals surface area contributed by atoms with Crippen LogP contribution in [-0.4, -0.2) is 12.6 Å². The van der Waals surface area contributed by atoms with Crippen molar-refractivity contribution in [2.45, 2.75) is 19.3 Å². The van der Waals surface area contributed by atoms with Crippen molar-refractivity contribution in [3.05, 3.63) is 28.2 Å². The standard InChI is InChI=1S/C12H14BrNO2/c13-10-4-9(5-11(14)6-10)12(15)16-7-8-2-1-3-8/h4-6,8H,1-3,7,14H2. The zero-order valence-corrected chi connectivity index (χ0v) is 10.5. The molecule has 3 nitrogen and oxygen atoms in total. The zero-order valence-electron chi connectivity index (χ0n) is 8.91. The first-order valence-corrected chi connectivity index (χ1v) is 6.17. The maximum absolute atomic E-state index is 11.7. The fraction of sp³-hybridized carbons (Fsp3) is 0.417. The van der Waals surface area contributed by atoms with Crippen LogP contribution in [0.1, 0.15) is 29.6 Å². The van der Waals surface area contributed by atoms with E-state index in [-0.39, 0.29) is 5.97 Å². The minimum Gasteiger partial charge on any atom is -0.462 e. The molecule has 0 saturated heterocycles. The van der Waals surface area contributed by atoms with Crippen molar-refractivity contribution < 1.29 is 9.53 Å². The van der Waals surface area contributed by atoms with Gasteiger partial charge in [0, 0.05) is 10.2 Å². The summed E-state index contributed by atoms with van der Waals surface area (Å²) in [5.74, 6) is 0.272. The summed E-state index contributed by atoms with van der Waals surface area (Å²) in [6.07, 6.45) is 3.61. The highest BCUT2D eigenvalue weighted by molar-refractivity contribution is 9.10. The van der Waals surface area contributed by atoms with Crippen molar-refractivity contribution in [1.82, 2.24) is 0 Å². The van der Waals surface area contributed by atoms with Crippen molar-refractivity contribution in [2.24, 2.45) is 5.92 Å². The molecular weight excluding hydrogens is 270 g/mol. The van der Waals surface area contributed by atoms with Gasteiger partial charge in [0.15, 0.2) is 0 Å². The average molecular weight is 284 g/mol. The van der Waals surface area contributed by atoms with Crippen LogP contribution in [0.25, 0.3) is 0 Å². The van der Waals surface area contributed by atoms with Crippen LogP contribution in [-0.2, 0) is 4.74 Å². The van der Waals surface area contributed by atoms with Gasteiger partial charge in [-0.25, -0.2) is 4.79 Å². The van der Waals surface area contributed by atoms with Gasteiger partial charge < -0.3 is 10.5 Å². The van der Waals surface area contributed by atoms with Gasteiger partial charge in [-0.1, -0.05) is 22.4 Å². The topological polar surface area (TPSA) is 52.3 Å². The highest BCUT2D eigenvalue weighted by Gasteiger charge is 2.19. The van der Waals surface area contributed by atoms with Gasteiger partial charge in [-0.15, -0.1) is 0 Å². The SMILES string of the molecule is Nc1cc(Br)cc(C(=O)OCC2CCC2)c1. The van der Waals surface area contributed by atoms with Crippen LogP contribution in [0.4, 0.5) is 5.69 Å². The summed E-state index contributed by atoms with van der Waals surface area (Å²) in [5.41, 5.74) is 6.72. The van der Waals surface area contributed by atoms with Crippen LogP contribution in [0, 0.1) is 5.92 Å². The van der Waals surface area contributed by atoms with Crippen LogP contribution in [0.2, 0.25) is 0 Å². The van der Waals surface area contributed by atoms with Crippen molar-refractivity contribution >= 4 is 27.6 Å². The summed E-state index contributed by atoms with van der Waals surface area (Å²) in [5, 5.41) is 0. The van der Waals surface area contributed by atoms with E-state index in [1.807, 2.05) is 0 Å². The quantitative estimate of drug-likeness (QED) is 0.685. The second-order valence-corrected chi connectivity index (χ2v) is 5.08. The van der Waals surface area contributed by atoms with Crippen molar-refractivity contribution in [3.8, 4) is 0 Å². The van der Waals surface area contributed by atoms with Crippen molar-refractivity contribution in [1.29, 1.82) is 0 Å². The molecule has 1 saturated carbocycles. The molecule has 1 aliphatic carbocycles. The Morgan fingerprint density at radius 3 is 2.75 bits per heavy atom. The minimum absolute atomic E-state index is 0.292. The number of nitrogens with two attached hydrogens (primary N) is 1. The number of benzene rings is 1. The highest BCUT2D eigenvalue weighted by atomic mass is 79.9. The van der Waals surface area contributed by atoms with Gasteiger partial charge in [-0.05, 0) is 37.0 Å². The van der Waals surface area contributed by atoms with E-state index in [1.54, 1.807) is 18.2 Å². The number of carbonyl (C=O) groups excluding carboxylic acids is 1. The minimum atomic E-state index is -0.292. The summed E-state index contributed by atoms with van der Waals surface area (Å²) in [4.78, 5) is 11.7. The third-order valence-corrected chi connectivity index (χ3v) is 3.29. The first-order valence-electron chi connectivity index (χ1n) is 5.38. The van der Waals surface area contributed by atoms with Crippen molar-refractivity contribution in [3.63, 3.8) is 0 Å². The van der Waals surface area contributed by atoms with Gasteiger partial charge in [-0.3, -0.25) is 0 Å². The third kappa shape index (κ3) is 2.76. The molecule has 16 heavy (non-hydrogen) atoms. The van der Waals surface area contributed by atoms with Gasteiger partial charge in [0.2, 0.25) is 0 Å². The van der Waals surface area contributed by atoms with E-state index in [4.69, 9.17) is 10.5 Å². The predicted octanol–water partition coefficient (Wildman–Crippen LogP) is 2.99. The molecule has 0 aromatic heterocycles. The molecule has 0 spiro atoms. The number of anilines is 1. The van der Waals surface area contributed by atoms with Crippen LogP contribution < -0.4 is 5.73 Å². The molecule has 0 bridgehead atoms. The largest absolute Gasteiger partial charge is 0.462 e. The maximum Gasteiger partial charge on any atom is 0.338 e. The molecule has 2 rings (SSSR count). The average Bonchev–Trinajstić information content (AvgIpc) is 2.13. The Labute approximate surface area is 103 Å². The summed E-state index contributed by atoms with van der Waals surface area (Å²) < 4.78 is 6.02. The van der Waals surface area contributed by atoms with Gasteiger partial charge in [0.25, 0.3) is 0 Å². The molecule has 0 unspecified atom stereocenters. The Hall–Kier alpha value is -1.03. The van der Waals surface area contributed by atoms with E-state index >= 15 is 0 Å². The molecule has 86 valence electrons. The van der Waals surface area contributed by atoms with Crippen LogP contribution in [0.5, 0.6) is 0 Å². The molecule has 0 amide bonds. The molecule has 2 N–H and O–H groups in total. The van der Waals surface area contributed by atoms with Crippen LogP contribution in [0.3, 0.4) is 0 Å². The number of esters is 1. The normalized spacial score (nSPS) is 15.6. The first kappa shape index (κ1) is 11.5. The van der Waals surface area contributed by atoms with Crippen LogP contribution >= 0.6 is 15.9 Å². The summed E-state index contributed by atoms with van der Waals surface area (Å²) in [6, 6.07) is 5.11. The number of hydrogen-bond donors (Lipinski definition) is 1. The summed E-state index contributed by atoms with van der Waals surface area (Å²) in [6.45, 7) is 0.533. The number of halogens is 1. The van der Waals surface area contributed by atoms with E-state index in [2.05, 4.69) is 15.9 Å². The van der Waals surface area contributed by atoms with Gasteiger partial charge >= 0.3 is 5.97 Å². The lowest BCUT2D eigenvalue weighted by molar-refractivity contribution is 0.0371. The molecule has 0 radical (unpaired) electrons. The lowest BCUT2D eigenvalue weighted by atomic mass is 9.86. The second kappa shape index (κ2) is 4.87. The van der Waals surface area contributed by atoms with Crippen LogP contribution in [0.15, 0.2) is 22.7 Å².